The Morgan fingerprint density at radius 3 is 1.71 bits per heavy atom. The molecular weight excluding hydrogens is 184 g/mol. The Labute approximate surface area is 83.8 Å². The molecular formula is C10H16O4. The third-order valence-corrected chi connectivity index (χ3v) is 2.01. The molecule has 0 amide bonds. The molecule has 4 nitrogen and oxygen atoms in total. The van der Waals surface area contributed by atoms with Gasteiger partial charge in [-0.05, 0) is 0 Å². The van der Waals surface area contributed by atoms with Crippen molar-refractivity contribution in [2.45, 2.75) is 12.2 Å². The number of ether oxygens (including phenoxy) is 4. The fourth-order valence-corrected chi connectivity index (χ4v) is 1.000. The van der Waals surface area contributed by atoms with E-state index in [1.807, 2.05) is 12.2 Å². The lowest BCUT2D eigenvalue weighted by Gasteiger charge is -1.97. The summed E-state index contributed by atoms with van der Waals surface area (Å²) in [6.07, 6.45) is 4.64. The van der Waals surface area contributed by atoms with Crippen molar-refractivity contribution < 1.29 is 18.9 Å². The topological polar surface area (TPSA) is 43.5 Å². The lowest BCUT2D eigenvalue weighted by atomic mass is 10.5. The molecule has 2 aliphatic rings. The van der Waals surface area contributed by atoms with Gasteiger partial charge in [0.2, 0.25) is 0 Å². The average Bonchev–Trinajstić information content (AvgIpc) is 3.00. The molecule has 0 aliphatic carbocycles. The van der Waals surface area contributed by atoms with E-state index in [0.717, 1.165) is 13.2 Å². The van der Waals surface area contributed by atoms with Gasteiger partial charge in [-0.1, -0.05) is 12.2 Å². The van der Waals surface area contributed by atoms with Crippen molar-refractivity contribution >= 4 is 0 Å². The molecule has 14 heavy (non-hydrogen) atoms. The summed E-state index contributed by atoms with van der Waals surface area (Å²) in [5.41, 5.74) is 0. The van der Waals surface area contributed by atoms with Crippen molar-refractivity contribution in [3.8, 4) is 0 Å². The van der Waals surface area contributed by atoms with Crippen LogP contribution in [0.2, 0.25) is 0 Å². The minimum absolute atomic E-state index is 0.353. The highest BCUT2D eigenvalue weighted by molar-refractivity contribution is 4.82. The zero-order valence-electron chi connectivity index (χ0n) is 8.19. The molecule has 0 bridgehead atoms. The summed E-state index contributed by atoms with van der Waals surface area (Å²) in [6.45, 7) is 4.41. The third kappa shape index (κ3) is 4.72. The molecule has 0 aromatic heterocycles. The Hall–Kier alpha value is -0.420. The maximum atomic E-state index is 5.31. The standard InChI is InChI=1S/C10H16O4/c1(3-11-5-9-7-13-9)2-4-12-6-10-8-14-10/h1-2,9-10H,3-8H2/b2-1-. The van der Waals surface area contributed by atoms with Crippen molar-refractivity contribution in [2.75, 3.05) is 39.6 Å². The summed E-state index contributed by atoms with van der Waals surface area (Å²) >= 11 is 0. The van der Waals surface area contributed by atoms with Gasteiger partial charge >= 0.3 is 0 Å². The van der Waals surface area contributed by atoms with Gasteiger partial charge in [-0.3, -0.25) is 0 Å². The fourth-order valence-electron chi connectivity index (χ4n) is 1.000. The van der Waals surface area contributed by atoms with E-state index in [2.05, 4.69) is 0 Å². The first-order valence-electron chi connectivity index (χ1n) is 4.99. The Bertz CT molecular complexity index is 165. The van der Waals surface area contributed by atoms with E-state index < -0.39 is 0 Å². The fraction of sp³-hybridized carbons (Fsp3) is 0.800. The SMILES string of the molecule is C(=C/COCC1CO1)/COCC1CO1. The number of hydrogen-bond donors (Lipinski definition) is 0. The lowest BCUT2D eigenvalue weighted by molar-refractivity contribution is 0.134. The summed E-state index contributed by atoms with van der Waals surface area (Å²) in [7, 11) is 0. The summed E-state index contributed by atoms with van der Waals surface area (Å²) in [5.74, 6) is 0. The van der Waals surface area contributed by atoms with Crippen LogP contribution in [-0.2, 0) is 18.9 Å². The molecule has 2 rings (SSSR count). The monoisotopic (exact) mass is 200 g/mol. The minimum Gasteiger partial charge on any atom is -0.375 e. The molecule has 80 valence electrons. The first kappa shape index (κ1) is 10.1. The molecule has 0 N–H and O–H groups in total. The molecule has 2 aliphatic heterocycles. The molecule has 0 spiro atoms. The molecule has 2 saturated heterocycles. The molecule has 0 radical (unpaired) electrons. The Balaban J connectivity index is 1.33. The first-order valence-corrected chi connectivity index (χ1v) is 4.99. The maximum Gasteiger partial charge on any atom is 0.104 e. The van der Waals surface area contributed by atoms with E-state index in [1.54, 1.807) is 0 Å². The van der Waals surface area contributed by atoms with Crippen LogP contribution in [0.25, 0.3) is 0 Å². The largest absolute Gasteiger partial charge is 0.375 e. The van der Waals surface area contributed by atoms with Gasteiger partial charge in [0, 0.05) is 0 Å². The van der Waals surface area contributed by atoms with Crippen molar-refractivity contribution in [1.29, 1.82) is 0 Å². The van der Waals surface area contributed by atoms with Crippen molar-refractivity contribution in [2.24, 2.45) is 0 Å². The number of epoxide rings is 2. The van der Waals surface area contributed by atoms with Gasteiger partial charge in [-0.2, -0.15) is 0 Å². The zero-order chi connectivity index (χ0) is 9.64. The van der Waals surface area contributed by atoms with Crippen LogP contribution in [0.4, 0.5) is 0 Å². The molecule has 0 aromatic rings. The highest BCUT2D eigenvalue weighted by atomic mass is 16.6. The lowest BCUT2D eigenvalue weighted by Crippen LogP contribution is -2.02. The second kappa shape index (κ2) is 5.46. The molecule has 0 saturated carbocycles. The quantitative estimate of drug-likeness (QED) is 0.322. The summed E-state index contributed by atoms with van der Waals surface area (Å²) in [6, 6.07) is 0. The van der Waals surface area contributed by atoms with Crippen LogP contribution in [0.5, 0.6) is 0 Å². The van der Waals surface area contributed by atoms with Crippen LogP contribution >= 0.6 is 0 Å². The Morgan fingerprint density at radius 1 is 0.929 bits per heavy atom. The van der Waals surface area contributed by atoms with Crippen LogP contribution < -0.4 is 0 Å². The van der Waals surface area contributed by atoms with Crippen molar-refractivity contribution in [3.05, 3.63) is 12.2 Å². The Morgan fingerprint density at radius 2 is 1.36 bits per heavy atom. The number of rotatable bonds is 8. The minimum atomic E-state index is 0.353. The smallest absolute Gasteiger partial charge is 0.104 e. The van der Waals surface area contributed by atoms with Crippen molar-refractivity contribution in [3.63, 3.8) is 0 Å². The molecule has 0 aromatic carbocycles. The van der Waals surface area contributed by atoms with E-state index in [9.17, 15) is 0 Å². The molecule has 2 atom stereocenters. The first-order chi connectivity index (χ1) is 6.95. The summed E-state index contributed by atoms with van der Waals surface area (Å²) in [4.78, 5) is 0. The van der Waals surface area contributed by atoms with Crippen LogP contribution in [0.15, 0.2) is 12.2 Å². The average molecular weight is 200 g/mol. The van der Waals surface area contributed by atoms with E-state index >= 15 is 0 Å². The van der Waals surface area contributed by atoms with E-state index in [0.29, 0.717) is 38.6 Å². The Kier molecular flexibility index (Phi) is 3.94. The maximum absolute atomic E-state index is 5.31. The van der Waals surface area contributed by atoms with Gasteiger partial charge in [0.15, 0.2) is 0 Å². The zero-order valence-corrected chi connectivity index (χ0v) is 8.19. The molecule has 2 heterocycles. The van der Waals surface area contributed by atoms with Gasteiger partial charge in [0.1, 0.15) is 12.2 Å². The highest BCUT2D eigenvalue weighted by Gasteiger charge is 2.22. The molecule has 4 heteroatoms. The highest BCUT2D eigenvalue weighted by Crippen LogP contribution is 2.08. The van der Waals surface area contributed by atoms with Gasteiger partial charge in [0.05, 0.1) is 39.6 Å². The van der Waals surface area contributed by atoms with Crippen molar-refractivity contribution in [1.82, 2.24) is 0 Å². The predicted octanol–water partition coefficient (Wildman–Crippen LogP) is 0.373. The van der Waals surface area contributed by atoms with Gasteiger partial charge in [0.25, 0.3) is 0 Å². The van der Waals surface area contributed by atoms with Gasteiger partial charge in [-0.25, -0.2) is 0 Å². The molecule has 2 unspecified atom stereocenters. The van der Waals surface area contributed by atoms with E-state index in [-0.39, 0.29) is 0 Å². The van der Waals surface area contributed by atoms with Crippen LogP contribution in [0.3, 0.4) is 0 Å². The van der Waals surface area contributed by atoms with E-state index in [4.69, 9.17) is 18.9 Å². The molecule has 2 fully saturated rings. The van der Waals surface area contributed by atoms with Crippen LogP contribution in [0, 0.1) is 0 Å². The second-order valence-electron chi connectivity index (χ2n) is 3.46. The summed E-state index contributed by atoms with van der Waals surface area (Å²) < 4.78 is 20.6. The summed E-state index contributed by atoms with van der Waals surface area (Å²) in [5, 5.41) is 0. The van der Waals surface area contributed by atoms with Crippen LogP contribution in [-0.4, -0.2) is 51.8 Å². The van der Waals surface area contributed by atoms with Crippen LogP contribution in [0.1, 0.15) is 0 Å². The normalized spacial score (nSPS) is 29.7. The van der Waals surface area contributed by atoms with Gasteiger partial charge < -0.3 is 18.9 Å². The van der Waals surface area contributed by atoms with Gasteiger partial charge in [-0.15, -0.1) is 0 Å². The second-order valence-corrected chi connectivity index (χ2v) is 3.46. The number of hydrogen-bond acceptors (Lipinski definition) is 4. The third-order valence-electron chi connectivity index (χ3n) is 2.01. The predicted molar refractivity (Wildman–Crippen MR) is 50.3 cm³/mol. The van der Waals surface area contributed by atoms with E-state index in [1.165, 1.54) is 0 Å².